The molecule has 1 aliphatic carbocycles. The number of fused-ring (bicyclic) bond motifs is 1. The maximum Gasteiger partial charge on any atom is 0.266 e. The van der Waals surface area contributed by atoms with Gasteiger partial charge < -0.3 is 29.6 Å². The summed E-state index contributed by atoms with van der Waals surface area (Å²) in [4.78, 5) is 9.14. The normalized spacial score (nSPS) is 19.4. The lowest BCUT2D eigenvalue weighted by Crippen LogP contribution is -2.44. The Morgan fingerprint density at radius 2 is 1.70 bits per heavy atom. The summed E-state index contributed by atoms with van der Waals surface area (Å²) in [5.74, 6) is -0.539. The van der Waals surface area contributed by atoms with Crippen molar-refractivity contribution in [1.29, 1.82) is 0 Å². The van der Waals surface area contributed by atoms with Crippen LogP contribution in [-0.2, 0) is 25.6 Å². The Bertz CT molecular complexity index is 1450. The zero-order valence-corrected chi connectivity index (χ0v) is 22.7. The van der Waals surface area contributed by atoms with Gasteiger partial charge in [-0.15, -0.1) is 0 Å². The number of benzene rings is 2. The Labute approximate surface area is 232 Å². The van der Waals surface area contributed by atoms with E-state index in [-0.39, 0.29) is 30.5 Å². The lowest BCUT2D eigenvalue weighted by Gasteiger charge is -2.25. The molecule has 1 aromatic heterocycles. The zero-order valence-electron chi connectivity index (χ0n) is 23.7. The highest BCUT2D eigenvalue weighted by molar-refractivity contribution is 5.55. The molecule has 4 rings (SSSR count). The fourth-order valence-electron chi connectivity index (χ4n) is 4.26. The minimum atomic E-state index is -2.95. The number of methoxy groups -OCH3 is 3. The van der Waals surface area contributed by atoms with Crippen molar-refractivity contribution >= 4 is 23.9 Å². The van der Waals surface area contributed by atoms with Gasteiger partial charge in [0.15, 0.2) is 6.29 Å². The Morgan fingerprint density at radius 3 is 2.38 bits per heavy atom. The van der Waals surface area contributed by atoms with Gasteiger partial charge in [0, 0.05) is 32.1 Å². The van der Waals surface area contributed by atoms with E-state index in [0.717, 1.165) is 11.6 Å². The predicted molar refractivity (Wildman–Crippen MR) is 146 cm³/mol. The molecule has 2 aromatic carbocycles. The molecule has 0 aliphatic heterocycles. The van der Waals surface area contributed by atoms with E-state index < -0.39 is 42.3 Å². The Kier molecular flexibility index (Phi) is 9.61. The van der Waals surface area contributed by atoms with Crippen LogP contribution in [0.2, 0.25) is 0 Å². The average molecular weight is 560 g/mol. The van der Waals surface area contributed by atoms with Gasteiger partial charge in [0.05, 0.1) is 31.5 Å². The van der Waals surface area contributed by atoms with Crippen LogP contribution in [0.15, 0.2) is 48.5 Å². The summed E-state index contributed by atoms with van der Waals surface area (Å²) in [6, 6.07) is 12.6. The molecule has 1 heterocycles. The van der Waals surface area contributed by atoms with Gasteiger partial charge in [-0.2, -0.15) is 4.98 Å². The largest absolute Gasteiger partial charge is 0.374 e. The van der Waals surface area contributed by atoms with Crippen LogP contribution in [0.5, 0.6) is 0 Å². The highest BCUT2D eigenvalue weighted by atomic mass is 19.3. The zero-order chi connectivity index (χ0) is 29.6. The van der Waals surface area contributed by atoms with E-state index in [4.69, 9.17) is 20.3 Å². The molecular weight excluding hydrogens is 525 g/mol. The van der Waals surface area contributed by atoms with Crippen molar-refractivity contribution in [3.63, 3.8) is 0 Å². The van der Waals surface area contributed by atoms with Crippen LogP contribution in [0.25, 0.3) is 12.2 Å². The third kappa shape index (κ3) is 6.97. The van der Waals surface area contributed by atoms with E-state index in [1.165, 1.54) is 39.5 Å². The molecule has 0 radical (unpaired) electrons. The second kappa shape index (κ2) is 13.7. The van der Waals surface area contributed by atoms with Crippen molar-refractivity contribution < 1.29 is 33.5 Å². The van der Waals surface area contributed by atoms with Gasteiger partial charge in [-0.25, -0.2) is 18.2 Å². The number of halogens is 3. The Morgan fingerprint density at radius 1 is 0.975 bits per heavy atom. The highest BCUT2D eigenvalue weighted by Crippen LogP contribution is 2.28. The molecule has 0 bridgehead atoms. The quantitative estimate of drug-likeness (QED) is 0.305. The Balaban J connectivity index is 1.76. The van der Waals surface area contributed by atoms with Crippen LogP contribution >= 0.6 is 0 Å². The summed E-state index contributed by atoms with van der Waals surface area (Å²) in [6.45, 7) is 2.06. The molecule has 1 aliphatic rings. The number of rotatable bonds is 13. The monoisotopic (exact) mass is 559 g/mol. The molecule has 40 heavy (non-hydrogen) atoms. The van der Waals surface area contributed by atoms with Crippen LogP contribution in [-0.4, -0.2) is 56.3 Å². The summed E-state index contributed by atoms with van der Waals surface area (Å²) in [5, 5.41) is 7.03. The van der Waals surface area contributed by atoms with E-state index in [2.05, 4.69) is 20.6 Å². The van der Waals surface area contributed by atoms with Gasteiger partial charge in [0.2, 0.25) is 5.95 Å². The van der Waals surface area contributed by atoms with Crippen molar-refractivity contribution in [2.45, 2.75) is 44.5 Å². The number of ether oxygens (including phenoxy) is 4. The lowest BCUT2D eigenvalue weighted by molar-refractivity contribution is -0.0914. The van der Waals surface area contributed by atoms with E-state index in [0.29, 0.717) is 10.6 Å². The molecule has 0 amide bonds. The first-order chi connectivity index (χ1) is 19.7. The SMILES string of the molecule is [2H]C1(OC)C=c2nc(NCC(OC)OC)nc(N[C@H](C)c3cccc(C(F)F)c3F)c2=CC1OCc1ccccc1. The standard InChI is InChI=1S/C29H33F3N4O4/c1-17(19-11-8-12-20(26(19)30)27(31)32)34-28-21-13-24(40-16-18-9-6-5-7-10-18)23(37-2)14-22(21)35-29(36-28)33-15-25(38-3)39-4/h5-14,17,23-25,27H,15-16H2,1-4H3,(H2,33,34,35,36)/t17-,23?,24?/m1/s1/i23D. The first kappa shape index (κ1) is 28.0. The van der Waals surface area contributed by atoms with Gasteiger partial charge >= 0.3 is 0 Å². The van der Waals surface area contributed by atoms with Crippen molar-refractivity contribution in [2.75, 3.05) is 38.5 Å². The minimum Gasteiger partial charge on any atom is -0.374 e. The molecule has 11 heteroatoms. The van der Waals surface area contributed by atoms with Crippen LogP contribution in [0, 0.1) is 5.82 Å². The second-order valence-corrected chi connectivity index (χ2v) is 9.03. The molecule has 0 fully saturated rings. The van der Waals surface area contributed by atoms with Crippen molar-refractivity contribution in [1.82, 2.24) is 9.97 Å². The number of hydrogen-bond acceptors (Lipinski definition) is 8. The third-order valence-corrected chi connectivity index (χ3v) is 6.43. The van der Waals surface area contributed by atoms with E-state index in [1.807, 2.05) is 30.3 Å². The predicted octanol–water partition coefficient (Wildman–Crippen LogP) is 3.93. The van der Waals surface area contributed by atoms with E-state index >= 15 is 0 Å². The molecule has 0 spiro atoms. The first-order valence-corrected chi connectivity index (χ1v) is 12.6. The van der Waals surface area contributed by atoms with Crippen LogP contribution < -0.4 is 21.2 Å². The van der Waals surface area contributed by atoms with Crippen molar-refractivity contribution in [2.24, 2.45) is 0 Å². The number of aromatic nitrogens is 2. The highest BCUT2D eigenvalue weighted by Gasteiger charge is 2.25. The maximum absolute atomic E-state index is 15.0. The fourth-order valence-corrected chi connectivity index (χ4v) is 4.26. The van der Waals surface area contributed by atoms with Crippen LogP contribution in [0.1, 0.15) is 37.5 Å². The van der Waals surface area contributed by atoms with Crippen molar-refractivity contribution in [3.8, 4) is 0 Å². The number of alkyl halides is 2. The number of anilines is 2. The van der Waals surface area contributed by atoms with Crippen LogP contribution in [0.3, 0.4) is 0 Å². The Hall–Kier alpha value is -3.51. The molecule has 2 unspecified atom stereocenters. The summed E-state index contributed by atoms with van der Waals surface area (Å²) >= 11 is 0. The van der Waals surface area contributed by atoms with Gasteiger partial charge in [-0.05, 0) is 24.6 Å². The summed E-state index contributed by atoms with van der Waals surface area (Å²) in [6.07, 6.45) is -2.82. The van der Waals surface area contributed by atoms with Gasteiger partial charge in [0.1, 0.15) is 23.8 Å². The van der Waals surface area contributed by atoms with E-state index in [9.17, 15) is 13.2 Å². The first-order valence-electron chi connectivity index (χ1n) is 13.1. The maximum atomic E-state index is 15.0. The molecule has 3 aromatic rings. The molecule has 3 atom stereocenters. The summed E-state index contributed by atoms with van der Waals surface area (Å²) in [5.41, 5.74) is 0.279. The molecule has 8 nitrogen and oxygen atoms in total. The average Bonchev–Trinajstić information content (AvgIpc) is 2.97. The smallest absolute Gasteiger partial charge is 0.266 e. The lowest BCUT2D eigenvalue weighted by atomic mass is 10.0. The molecule has 0 saturated carbocycles. The molecule has 214 valence electrons. The second-order valence-electron chi connectivity index (χ2n) is 9.03. The van der Waals surface area contributed by atoms with Crippen LogP contribution in [0.4, 0.5) is 24.9 Å². The molecular formula is C29H33F3N4O4. The third-order valence-electron chi connectivity index (χ3n) is 6.43. The summed E-state index contributed by atoms with van der Waals surface area (Å²) in [7, 11) is 4.39. The minimum absolute atomic E-state index is 0.0481. The topological polar surface area (TPSA) is 86.8 Å². The van der Waals surface area contributed by atoms with Gasteiger partial charge in [-0.3, -0.25) is 0 Å². The molecule has 0 saturated heterocycles. The summed E-state index contributed by atoms with van der Waals surface area (Å²) < 4.78 is 72.8. The number of nitrogens with zero attached hydrogens (tertiary/aromatic N) is 2. The fraction of sp³-hybridized carbons (Fsp3) is 0.379. The number of hydrogen-bond donors (Lipinski definition) is 2. The van der Waals surface area contributed by atoms with Crippen molar-refractivity contribution in [3.05, 3.63) is 81.6 Å². The molecule has 2 N–H and O–H groups in total. The van der Waals surface area contributed by atoms with Gasteiger partial charge in [-0.1, -0.05) is 48.5 Å². The van der Waals surface area contributed by atoms with E-state index in [1.54, 1.807) is 13.0 Å². The number of nitrogens with one attached hydrogen (secondary N) is 2. The van der Waals surface area contributed by atoms with Gasteiger partial charge in [0.25, 0.3) is 6.43 Å².